The largest absolute Gasteiger partial charge is 0.347 e. The molecule has 2 aromatic heterocycles. The van der Waals surface area contributed by atoms with Crippen LogP contribution in [0.1, 0.15) is 35.7 Å². The Hall–Kier alpha value is -2.44. The number of piperidine rings is 1. The molecular weight excluding hydrogens is 292 g/mol. The van der Waals surface area contributed by atoms with E-state index in [0.29, 0.717) is 5.56 Å². The highest BCUT2D eigenvalue weighted by molar-refractivity contribution is 5.93. The molecule has 3 rings (SSSR count). The third-order valence-corrected chi connectivity index (χ3v) is 4.11. The molecule has 2 aromatic rings. The van der Waals surface area contributed by atoms with Gasteiger partial charge in [0.05, 0.1) is 11.8 Å². The first kappa shape index (κ1) is 15.5. The molecule has 1 aliphatic rings. The Morgan fingerprint density at radius 3 is 2.78 bits per heavy atom. The topological polar surface area (TPSA) is 75.9 Å². The van der Waals surface area contributed by atoms with Gasteiger partial charge < -0.3 is 10.2 Å². The molecule has 0 aromatic carbocycles. The smallest absolute Gasteiger partial charge is 0.254 e. The van der Waals surface area contributed by atoms with Gasteiger partial charge in [0.15, 0.2) is 0 Å². The molecule has 0 bridgehead atoms. The maximum Gasteiger partial charge on any atom is 0.254 e. The molecule has 1 amide bonds. The number of hydrogen-bond donors (Lipinski definition) is 1. The van der Waals surface area contributed by atoms with Gasteiger partial charge in [-0.05, 0) is 24.8 Å². The van der Waals surface area contributed by atoms with Crippen molar-refractivity contribution in [2.24, 2.45) is 7.05 Å². The first-order chi connectivity index (χ1) is 11.2. The minimum absolute atomic E-state index is 0.0767. The molecule has 1 unspecified atom stereocenters. The predicted octanol–water partition coefficient (Wildman–Crippen LogP) is 1.17. The lowest BCUT2D eigenvalue weighted by molar-refractivity contribution is 0.0933. The molecule has 1 N–H and O–H groups in total. The van der Waals surface area contributed by atoms with E-state index in [2.05, 4.69) is 32.2 Å². The average Bonchev–Trinajstić information content (AvgIpc) is 3.02. The molecule has 0 spiro atoms. The van der Waals surface area contributed by atoms with Crippen molar-refractivity contribution in [1.82, 2.24) is 25.1 Å². The second-order valence-corrected chi connectivity index (χ2v) is 5.91. The van der Waals surface area contributed by atoms with Gasteiger partial charge in [0.1, 0.15) is 0 Å². The Bertz CT molecular complexity index is 665. The number of nitrogens with zero attached hydrogens (tertiary/aromatic N) is 5. The first-order valence-electron chi connectivity index (χ1n) is 8.01. The number of aromatic nitrogens is 4. The van der Waals surface area contributed by atoms with Gasteiger partial charge >= 0.3 is 0 Å². The lowest BCUT2D eigenvalue weighted by Gasteiger charge is -2.33. The second kappa shape index (κ2) is 6.76. The average molecular weight is 314 g/mol. The Balaban J connectivity index is 1.62. The summed E-state index contributed by atoms with van der Waals surface area (Å²) < 4.78 is 1.63. The number of nitrogens with one attached hydrogen (secondary N) is 1. The molecule has 1 aliphatic heterocycles. The van der Waals surface area contributed by atoms with E-state index >= 15 is 0 Å². The zero-order chi connectivity index (χ0) is 16.2. The van der Waals surface area contributed by atoms with Gasteiger partial charge in [-0.1, -0.05) is 6.92 Å². The molecule has 1 saturated heterocycles. The summed E-state index contributed by atoms with van der Waals surface area (Å²) in [6.45, 7) is 3.74. The number of carbonyl (C=O) groups is 1. The van der Waals surface area contributed by atoms with Gasteiger partial charge in [0.2, 0.25) is 5.95 Å². The van der Waals surface area contributed by atoms with E-state index in [1.165, 1.54) is 0 Å². The molecule has 7 heteroatoms. The summed E-state index contributed by atoms with van der Waals surface area (Å²) in [5, 5.41) is 7.12. The highest BCUT2D eigenvalue weighted by atomic mass is 16.1. The minimum Gasteiger partial charge on any atom is -0.347 e. The van der Waals surface area contributed by atoms with Crippen LogP contribution in [-0.2, 0) is 13.5 Å². The normalized spacial score (nSPS) is 18.0. The van der Waals surface area contributed by atoms with Crippen molar-refractivity contribution in [3.05, 3.63) is 35.9 Å². The SMILES string of the molecule is CCc1cnc(N2CCCC(NC(=O)c3cnn(C)c3)C2)nc1. The molecule has 7 nitrogen and oxygen atoms in total. The molecule has 0 radical (unpaired) electrons. The molecule has 23 heavy (non-hydrogen) atoms. The van der Waals surface area contributed by atoms with Crippen LogP contribution in [0.4, 0.5) is 5.95 Å². The van der Waals surface area contributed by atoms with Crippen LogP contribution in [0, 0.1) is 0 Å². The lowest BCUT2D eigenvalue weighted by atomic mass is 10.1. The van der Waals surface area contributed by atoms with Gasteiger partial charge in [-0.15, -0.1) is 0 Å². The third-order valence-electron chi connectivity index (χ3n) is 4.11. The molecule has 0 saturated carbocycles. The van der Waals surface area contributed by atoms with Crippen molar-refractivity contribution in [1.29, 1.82) is 0 Å². The Labute approximate surface area is 135 Å². The van der Waals surface area contributed by atoms with Gasteiger partial charge in [-0.25, -0.2) is 9.97 Å². The summed E-state index contributed by atoms with van der Waals surface area (Å²) in [7, 11) is 1.80. The highest BCUT2D eigenvalue weighted by Crippen LogP contribution is 2.16. The summed E-state index contributed by atoms with van der Waals surface area (Å²) >= 11 is 0. The van der Waals surface area contributed by atoms with Gasteiger partial charge in [-0.2, -0.15) is 5.10 Å². The third kappa shape index (κ3) is 3.67. The van der Waals surface area contributed by atoms with Crippen molar-refractivity contribution < 1.29 is 4.79 Å². The van der Waals surface area contributed by atoms with Crippen LogP contribution >= 0.6 is 0 Å². The zero-order valence-electron chi connectivity index (χ0n) is 13.6. The number of amides is 1. The van der Waals surface area contributed by atoms with Crippen molar-refractivity contribution in [3.8, 4) is 0 Å². The van der Waals surface area contributed by atoms with E-state index in [-0.39, 0.29) is 11.9 Å². The van der Waals surface area contributed by atoms with Crippen molar-refractivity contribution in [2.45, 2.75) is 32.2 Å². The fourth-order valence-electron chi connectivity index (χ4n) is 2.78. The van der Waals surface area contributed by atoms with Crippen LogP contribution < -0.4 is 10.2 Å². The summed E-state index contributed by atoms with van der Waals surface area (Å²) in [4.78, 5) is 23.2. The van der Waals surface area contributed by atoms with Crippen LogP contribution in [0.3, 0.4) is 0 Å². The van der Waals surface area contributed by atoms with Crippen LogP contribution in [-0.4, -0.2) is 44.8 Å². The monoisotopic (exact) mass is 314 g/mol. The molecule has 0 aliphatic carbocycles. The summed E-state index contributed by atoms with van der Waals surface area (Å²) in [5.41, 5.74) is 1.72. The second-order valence-electron chi connectivity index (χ2n) is 5.91. The summed E-state index contributed by atoms with van der Waals surface area (Å²) in [6.07, 6.45) is 9.97. The maximum absolute atomic E-state index is 12.2. The van der Waals surface area contributed by atoms with E-state index in [4.69, 9.17) is 0 Å². The van der Waals surface area contributed by atoms with Crippen LogP contribution in [0.2, 0.25) is 0 Å². The van der Waals surface area contributed by atoms with Gasteiger partial charge in [0.25, 0.3) is 5.91 Å². The number of hydrogen-bond acceptors (Lipinski definition) is 5. The number of anilines is 1. The molecule has 122 valence electrons. The molecule has 3 heterocycles. The Kier molecular flexibility index (Phi) is 4.55. The highest BCUT2D eigenvalue weighted by Gasteiger charge is 2.23. The number of carbonyl (C=O) groups excluding carboxylic acids is 1. The summed E-state index contributed by atoms with van der Waals surface area (Å²) in [5.74, 6) is 0.662. The lowest BCUT2D eigenvalue weighted by Crippen LogP contribution is -2.48. The molecule has 1 atom stereocenters. The minimum atomic E-state index is -0.0767. The standard InChI is InChI=1S/C16H22N6O/c1-3-12-7-17-16(18-8-12)22-6-4-5-14(11-22)20-15(23)13-9-19-21(2)10-13/h7-10,14H,3-6,11H2,1-2H3,(H,20,23). The fraction of sp³-hybridized carbons (Fsp3) is 0.500. The zero-order valence-corrected chi connectivity index (χ0v) is 13.6. The van der Waals surface area contributed by atoms with Crippen LogP contribution in [0.25, 0.3) is 0 Å². The van der Waals surface area contributed by atoms with Gasteiger partial charge in [-0.3, -0.25) is 9.48 Å². The fourth-order valence-corrected chi connectivity index (χ4v) is 2.78. The van der Waals surface area contributed by atoms with Crippen LogP contribution in [0.15, 0.2) is 24.8 Å². The van der Waals surface area contributed by atoms with E-state index in [9.17, 15) is 4.79 Å². The van der Waals surface area contributed by atoms with E-state index < -0.39 is 0 Å². The van der Waals surface area contributed by atoms with Crippen LogP contribution in [0.5, 0.6) is 0 Å². The quantitative estimate of drug-likeness (QED) is 0.917. The molecular formula is C16H22N6O. The number of aryl methyl sites for hydroxylation is 2. The predicted molar refractivity (Wildman–Crippen MR) is 87.3 cm³/mol. The first-order valence-corrected chi connectivity index (χ1v) is 8.01. The Morgan fingerprint density at radius 2 is 2.13 bits per heavy atom. The van der Waals surface area contributed by atoms with Crippen molar-refractivity contribution in [2.75, 3.05) is 18.0 Å². The van der Waals surface area contributed by atoms with E-state index in [1.54, 1.807) is 24.1 Å². The van der Waals surface area contributed by atoms with Gasteiger partial charge in [0, 0.05) is 44.8 Å². The Morgan fingerprint density at radius 1 is 1.35 bits per heavy atom. The maximum atomic E-state index is 12.2. The van der Waals surface area contributed by atoms with Crippen molar-refractivity contribution in [3.63, 3.8) is 0 Å². The number of rotatable bonds is 4. The van der Waals surface area contributed by atoms with E-state index in [1.807, 2.05) is 12.4 Å². The van der Waals surface area contributed by atoms with Crippen molar-refractivity contribution >= 4 is 11.9 Å². The molecule has 1 fully saturated rings. The summed E-state index contributed by atoms with van der Waals surface area (Å²) in [6, 6.07) is 0.103. The van der Waals surface area contributed by atoms with E-state index in [0.717, 1.165) is 43.9 Å².